The summed E-state index contributed by atoms with van der Waals surface area (Å²) >= 11 is 1.86. The van der Waals surface area contributed by atoms with Crippen molar-refractivity contribution in [3.05, 3.63) is 12.4 Å². The largest absolute Gasteiger partial charge is 0.315 e. The molecule has 1 unspecified atom stereocenters. The van der Waals surface area contributed by atoms with Gasteiger partial charge in [0.1, 0.15) is 4.90 Å². The highest BCUT2D eigenvalue weighted by Crippen LogP contribution is 2.25. The number of nitrogens with one attached hydrogen (secondary N) is 1. The molecule has 1 N–H and O–H groups in total. The SMILES string of the molecule is CCNCCn1cc(S(=O)(=O)N2CCSC(CC)C2)cn1. The van der Waals surface area contributed by atoms with Gasteiger partial charge in [0.15, 0.2) is 0 Å². The van der Waals surface area contributed by atoms with E-state index in [0.29, 0.717) is 29.8 Å². The van der Waals surface area contributed by atoms with Crippen molar-refractivity contribution in [1.82, 2.24) is 19.4 Å². The summed E-state index contributed by atoms with van der Waals surface area (Å²) in [6, 6.07) is 0. The first-order chi connectivity index (χ1) is 10.1. The highest BCUT2D eigenvalue weighted by molar-refractivity contribution is 8.00. The molecule has 1 atom stereocenters. The zero-order chi connectivity index (χ0) is 15.3. The van der Waals surface area contributed by atoms with Crippen molar-refractivity contribution >= 4 is 21.8 Å². The minimum atomic E-state index is -3.40. The number of rotatable bonds is 7. The molecule has 2 heterocycles. The molecular formula is C13H24N4O2S2. The maximum atomic E-state index is 12.6. The Bertz CT molecular complexity index is 544. The highest BCUT2D eigenvalue weighted by atomic mass is 32.2. The third-order valence-corrected chi connectivity index (χ3v) is 6.76. The maximum Gasteiger partial charge on any atom is 0.246 e. The van der Waals surface area contributed by atoms with Crippen molar-refractivity contribution in [3.63, 3.8) is 0 Å². The van der Waals surface area contributed by atoms with Crippen LogP contribution in [0.4, 0.5) is 0 Å². The van der Waals surface area contributed by atoms with Crippen LogP contribution in [0.1, 0.15) is 20.3 Å². The van der Waals surface area contributed by atoms with Crippen LogP contribution in [0, 0.1) is 0 Å². The molecule has 1 aromatic heterocycles. The monoisotopic (exact) mass is 332 g/mol. The molecule has 0 aliphatic carbocycles. The Hall–Kier alpha value is -0.570. The number of thioether (sulfide) groups is 1. The van der Waals surface area contributed by atoms with Crippen molar-refractivity contribution in [2.75, 3.05) is 31.9 Å². The molecule has 0 amide bonds. The number of nitrogens with zero attached hydrogens (tertiary/aromatic N) is 3. The Morgan fingerprint density at radius 3 is 3.00 bits per heavy atom. The zero-order valence-electron chi connectivity index (χ0n) is 12.7. The molecule has 1 aliphatic heterocycles. The summed E-state index contributed by atoms with van der Waals surface area (Å²) in [5, 5.41) is 7.75. The van der Waals surface area contributed by atoms with Crippen LogP contribution in [0.15, 0.2) is 17.3 Å². The van der Waals surface area contributed by atoms with E-state index in [1.807, 2.05) is 18.7 Å². The van der Waals surface area contributed by atoms with Gasteiger partial charge in [-0.1, -0.05) is 13.8 Å². The predicted octanol–water partition coefficient (Wildman–Crippen LogP) is 1.01. The molecule has 120 valence electrons. The minimum Gasteiger partial charge on any atom is -0.315 e. The Morgan fingerprint density at radius 2 is 2.29 bits per heavy atom. The first kappa shape index (κ1) is 16.8. The van der Waals surface area contributed by atoms with Crippen LogP contribution >= 0.6 is 11.8 Å². The molecule has 1 aromatic rings. The van der Waals surface area contributed by atoms with Gasteiger partial charge in [-0.3, -0.25) is 4.68 Å². The van der Waals surface area contributed by atoms with Gasteiger partial charge in [-0.2, -0.15) is 21.2 Å². The van der Waals surface area contributed by atoms with E-state index in [0.717, 1.165) is 25.3 Å². The first-order valence-electron chi connectivity index (χ1n) is 7.42. The van der Waals surface area contributed by atoms with E-state index in [1.54, 1.807) is 15.2 Å². The van der Waals surface area contributed by atoms with E-state index in [9.17, 15) is 8.42 Å². The van der Waals surface area contributed by atoms with Crippen LogP contribution in [0.5, 0.6) is 0 Å². The second-order valence-corrected chi connectivity index (χ2v) is 8.40. The van der Waals surface area contributed by atoms with Gasteiger partial charge in [0.2, 0.25) is 10.0 Å². The molecule has 21 heavy (non-hydrogen) atoms. The predicted molar refractivity (Wildman–Crippen MR) is 86.1 cm³/mol. The van der Waals surface area contributed by atoms with Gasteiger partial charge in [-0.15, -0.1) is 0 Å². The van der Waals surface area contributed by atoms with Crippen molar-refractivity contribution < 1.29 is 8.42 Å². The molecule has 1 saturated heterocycles. The normalized spacial score (nSPS) is 20.8. The molecule has 0 saturated carbocycles. The van der Waals surface area contributed by atoms with Crippen LogP contribution in [-0.2, 0) is 16.6 Å². The molecular weight excluding hydrogens is 308 g/mol. The van der Waals surface area contributed by atoms with Gasteiger partial charge in [0, 0.05) is 36.8 Å². The van der Waals surface area contributed by atoms with Crippen LogP contribution in [-0.4, -0.2) is 59.7 Å². The van der Waals surface area contributed by atoms with Crippen molar-refractivity contribution in [1.29, 1.82) is 0 Å². The maximum absolute atomic E-state index is 12.6. The Balaban J connectivity index is 2.05. The average molecular weight is 332 g/mol. The fourth-order valence-electron chi connectivity index (χ4n) is 2.28. The second-order valence-electron chi connectivity index (χ2n) is 5.06. The van der Waals surface area contributed by atoms with Gasteiger partial charge in [0.25, 0.3) is 0 Å². The smallest absolute Gasteiger partial charge is 0.246 e. The summed E-state index contributed by atoms with van der Waals surface area (Å²) in [7, 11) is -3.40. The van der Waals surface area contributed by atoms with Crippen molar-refractivity contribution in [3.8, 4) is 0 Å². The lowest BCUT2D eigenvalue weighted by molar-refractivity contribution is 0.416. The Kier molecular flexibility index (Phi) is 6.09. The van der Waals surface area contributed by atoms with Crippen LogP contribution in [0.3, 0.4) is 0 Å². The third kappa shape index (κ3) is 4.21. The lowest BCUT2D eigenvalue weighted by Gasteiger charge is -2.30. The molecule has 6 nitrogen and oxygen atoms in total. The Labute approximate surface area is 131 Å². The zero-order valence-corrected chi connectivity index (χ0v) is 14.3. The molecule has 1 fully saturated rings. The Morgan fingerprint density at radius 1 is 1.48 bits per heavy atom. The van der Waals surface area contributed by atoms with Crippen LogP contribution < -0.4 is 5.32 Å². The molecule has 0 radical (unpaired) electrons. The van der Waals surface area contributed by atoms with Crippen molar-refractivity contribution in [2.45, 2.75) is 37.0 Å². The summed E-state index contributed by atoms with van der Waals surface area (Å²) in [5.41, 5.74) is 0. The summed E-state index contributed by atoms with van der Waals surface area (Å²) in [4.78, 5) is 0.306. The van der Waals surface area contributed by atoms with Crippen molar-refractivity contribution in [2.24, 2.45) is 0 Å². The third-order valence-electron chi connectivity index (χ3n) is 3.57. The lowest BCUT2D eigenvalue weighted by atomic mass is 10.3. The van der Waals surface area contributed by atoms with Gasteiger partial charge in [-0.25, -0.2) is 8.42 Å². The summed E-state index contributed by atoms with van der Waals surface area (Å²) in [6.07, 6.45) is 4.10. The van der Waals surface area contributed by atoms with E-state index in [2.05, 4.69) is 17.3 Å². The highest BCUT2D eigenvalue weighted by Gasteiger charge is 2.30. The molecule has 0 aromatic carbocycles. The molecule has 8 heteroatoms. The summed E-state index contributed by atoms with van der Waals surface area (Å²) in [6.45, 7) is 7.70. The summed E-state index contributed by atoms with van der Waals surface area (Å²) < 4.78 is 28.6. The van der Waals surface area contributed by atoms with E-state index >= 15 is 0 Å². The average Bonchev–Trinajstić information content (AvgIpc) is 2.97. The van der Waals surface area contributed by atoms with Gasteiger partial charge < -0.3 is 5.32 Å². The van der Waals surface area contributed by atoms with Crippen LogP contribution in [0.2, 0.25) is 0 Å². The van der Waals surface area contributed by atoms with Gasteiger partial charge >= 0.3 is 0 Å². The van der Waals surface area contributed by atoms with Crippen LogP contribution in [0.25, 0.3) is 0 Å². The van der Waals surface area contributed by atoms with E-state index in [4.69, 9.17) is 0 Å². The molecule has 1 aliphatic rings. The lowest BCUT2D eigenvalue weighted by Crippen LogP contribution is -2.41. The fourth-order valence-corrected chi connectivity index (χ4v) is 5.11. The standard InChI is InChI=1S/C13H24N4O2S2/c1-3-12-10-17(7-8-20-12)21(18,19)13-9-15-16(11-13)6-5-14-4-2/h9,11-12,14H,3-8,10H2,1-2H3. The number of hydrogen-bond acceptors (Lipinski definition) is 5. The quantitative estimate of drug-likeness (QED) is 0.755. The molecule has 2 rings (SSSR count). The van der Waals surface area contributed by atoms with Gasteiger partial charge in [0.05, 0.1) is 12.7 Å². The van der Waals surface area contributed by atoms with E-state index in [1.165, 1.54) is 6.20 Å². The minimum absolute atomic E-state index is 0.306. The topological polar surface area (TPSA) is 67.2 Å². The number of sulfonamides is 1. The summed E-state index contributed by atoms with van der Waals surface area (Å²) in [5.74, 6) is 0.867. The molecule has 0 spiro atoms. The van der Waals surface area contributed by atoms with E-state index in [-0.39, 0.29) is 0 Å². The number of likely N-dealkylation sites (N-methyl/N-ethyl adjacent to an activating group) is 1. The first-order valence-corrected chi connectivity index (χ1v) is 9.91. The van der Waals surface area contributed by atoms with Gasteiger partial charge in [-0.05, 0) is 13.0 Å². The number of aromatic nitrogens is 2. The molecule has 0 bridgehead atoms. The van der Waals surface area contributed by atoms with E-state index < -0.39 is 10.0 Å². The fraction of sp³-hybridized carbons (Fsp3) is 0.769. The number of hydrogen-bond donors (Lipinski definition) is 1. The second kappa shape index (κ2) is 7.62.